The summed E-state index contributed by atoms with van der Waals surface area (Å²) in [6.45, 7) is 3.44. The topological polar surface area (TPSA) is 20.2 Å². The van der Waals surface area contributed by atoms with Gasteiger partial charge in [0.25, 0.3) is 0 Å². The van der Waals surface area contributed by atoms with Crippen LogP contribution in [0.2, 0.25) is 0 Å². The Kier molecular flexibility index (Phi) is 27.1. The Bertz CT molecular complexity index is 15.5. The first-order chi connectivity index (χ1) is 1.73. The molecule has 6 heavy (non-hydrogen) atoms. The van der Waals surface area contributed by atoms with E-state index in [0.717, 1.165) is 0 Å². The maximum absolute atomic E-state index is 8.06. The maximum atomic E-state index is 8.06. The van der Waals surface area contributed by atoms with E-state index in [9.17, 15) is 0 Å². The number of halogens is 1. The van der Waals surface area contributed by atoms with E-state index in [0.29, 0.717) is 0 Å². The van der Waals surface area contributed by atoms with Crippen molar-refractivity contribution < 1.29 is 86.4 Å². The SMILES string of the molecule is CC(C)O.[Cl-].[Cs+]. The van der Waals surface area contributed by atoms with Crippen LogP contribution >= 0.6 is 0 Å². The second-order valence-electron chi connectivity index (χ2n) is 1.09. The molecule has 3 heteroatoms. The molecule has 0 aliphatic carbocycles. The molecule has 0 aromatic heterocycles. The predicted octanol–water partition coefficient (Wildman–Crippen LogP) is -5.60. The summed E-state index contributed by atoms with van der Waals surface area (Å²) >= 11 is 0. The van der Waals surface area contributed by atoms with Crippen molar-refractivity contribution in [2.24, 2.45) is 0 Å². The Morgan fingerprint density at radius 3 is 1.33 bits per heavy atom. The minimum absolute atomic E-state index is 0. The van der Waals surface area contributed by atoms with Crippen LogP contribution in [-0.4, -0.2) is 11.2 Å². The number of aliphatic hydroxyl groups is 1. The molecular weight excluding hydrogens is 220 g/mol. The Morgan fingerprint density at radius 2 is 1.33 bits per heavy atom. The third kappa shape index (κ3) is 33.4. The fraction of sp³-hybridized carbons (Fsp3) is 1.00. The van der Waals surface area contributed by atoms with Gasteiger partial charge < -0.3 is 17.5 Å². The van der Waals surface area contributed by atoms with Crippen LogP contribution in [0.5, 0.6) is 0 Å². The molecule has 0 bridgehead atoms. The monoisotopic (exact) mass is 228 g/mol. The molecule has 0 saturated heterocycles. The fourth-order valence-electron chi connectivity index (χ4n) is 0. The van der Waals surface area contributed by atoms with Gasteiger partial charge in [0.05, 0.1) is 0 Å². The molecule has 0 spiro atoms. The molecular formula is C3H8ClCsO. The van der Waals surface area contributed by atoms with Gasteiger partial charge in [0.1, 0.15) is 0 Å². The van der Waals surface area contributed by atoms with Crippen molar-refractivity contribution >= 4 is 0 Å². The summed E-state index contributed by atoms with van der Waals surface area (Å²) in [6, 6.07) is 0. The van der Waals surface area contributed by atoms with Crippen molar-refractivity contribution in [3.8, 4) is 0 Å². The van der Waals surface area contributed by atoms with Gasteiger partial charge in [-0.05, 0) is 13.8 Å². The van der Waals surface area contributed by atoms with Crippen LogP contribution in [-0.2, 0) is 0 Å². The first kappa shape index (κ1) is 15.7. The van der Waals surface area contributed by atoms with Gasteiger partial charge in [0.2, 0.25) is 0 Å². The Labute approximate surface area is 104 Å². The zero-order valence-corrected chi connectivity index (χ0v) is 11.4. The normalized spacial score (nSPS) is 6.00. The molecule has 0 heterocycles. The smallest absolute Gasteiger partial charge is 1.00 e. The zero-order valence-electron chi connectivity index (χ0n) is 4.40. The van der Waals surface area contributed by atoms with Gasteiger partial charge in [0.15, 0.2) is 0 Å². The molecule has 0 unspecified atom stereocenters. The summed E-state index contributed by atoms with van der Waals surface area (Å²) < 4.78 is 0. The molecule has 0 radical (unpaired) electrons. The van der Waals surface area contributed by atoms with E-state index in [4.69, 9.17) is 5.11 Å². The van der Waals surface area contributed by atoms with Crippen molar-refractivity contribution in [1.29, 1.82) is 0 Å². The van der Waals surface area contributed by atoms with E-state index in [1.54, 1.807) is 13.8 Å². The average Bonchev–Trinajstić information content (AvgIpc) is 0.811. The third-order valence-electron chi connectivity index (χ3n) is 0. The van der Waals surface area contributed by atoms with Gasteiger partial charge in [-0.15, -0.1) is 0 Å². The van der Waals surface area contributed by atoms with Crippen molar-refractivity contribution in [1.82, 2.24) is 0 Å². The number of hydrogen-bond acceptors (Lipinski definition) is 1. The predicted molar refractivity (Wildman–Crippen MR) is 17.4 cm³/mol. The molecule has 34 valence electrons. The van der Waals surface area contributed by atoms with E-state index in [2.05, 4.69) is 0 Å². The summed E-state index contributed by atoms with van der Waals surface area (Å²) in [5, 5.41) is 8.06. The van der Waals surface area contributed by atoms with E-state index in [1.807, 2.05) is 0 Å². The molecule has 0 aromatic carbocycles. The van der Waals surface area contributed by atoms with Crippen molar-refractivity contribution in [2.75, 3.05) is 0 Å². The molecule has 0 aliphatic rings. The molecule has 0 rings (SSSR count). The molecule has 1 nitrogen and oxygen atoms in total. The Balaban J connectivity index is -0.0000000450. The van der Waals surface area contributed by atoms with E-state index in [-0.39, 0.29) is 87.4 Å². The van der Waals surface area contributed by atoms with Crippen LogP contribution < -0.4 is 81.3 Å². The largest absolute Gasteiger partial charge is 1.00 e. The van der Waals surface area contributed by atoms with Gasteiger partial charge in [-0.2, -0.15) is 0 Å². The van der Waals surface area contributed by atoms with E-state index >= 15 is 0 Å². The van der Waals surface area contributed by atoms with Crippen LogP contribution in [0.15, 0.2) is 0 Å². The second kappa shape index (κ2) is 10.3. The summed E-state index contributed by atoms with van der Waals surface area (Å²) in [7, 11) is 0. The van der Waals surface area contributed by atoms with Gasteiger partial charge in [-0.25, -0.2) is 0 Å². The quantitative estimate of drug-likeness (QED) is 0.438. The van der Waals surface area contributed by atoms with Crippen LogP contribution in [0.4, 0.5) is 0 Å². The Hall–Kier alpha value is 2.30. The van der Waals surface area contributed by atoms with Gasteiger partial charge in [-0.3, -0.25) is 0 Å². The third-order valence-corrected chi connectivity index (χ3v) is 0. The molecule has 0 aliphatic heterocycles. The van der Waals surface area contributed by atoms with Crippen molar-refractivity contribution in [3.63, 3.8) is 0 Å². The molecule has 0 atom stereocenters. The minimum Gasteiger partial charge on any atom is -1.00 e. The molecule has 0 amide bonds. The fourth-order valence-corrected chi connectivity index (χ4v) is 0. The number of hydrogen-bond donors (Lipinski definition) is 1. The standard InChI is InChI=1S/C3H8O.ClH.Cs/c1-3(2)4;;/h3-4H,1-2H3;1H;/q;;+1/p-1. The van der Waals surface area contributed by atoms with Crippen LogP contribution in [0.25, 0.3) is 0 Å². The first-order valence-corrected chi connectivity index (χ1v) is 1.41. The van der Waals surface area contributed by atoms with Crippen molar-refractivity contribution in [3.05, 3.63) is 0 Å². The molecule has 0 saturated carbocycles. The zero-order chi connectivity index (χ0) is 3.58. The molecule has 1 N–H and O–H groups in total. The summed E-state index contributed by atoms with van der Waals surface area (Å²) in [5.41, 5.74) is 0. The summed E-state index contributed by atoms with van der Waals surface area (Å²) in [4.78, 5) is 0. The first-order valence-electron chi connectivity index (χ1n) is 1.41. The van der Waals surface area contributed by atoms with Gasteiger partial charge >= 0.3 is 68.9 Å². The Morgan fingerprint density at radius 1 is 1.33 bits per heavy atom. The molecule has 0 fully saturated rings. The number of aliphatic hydroxyl groups excluding tert-OH is 1. The van der Waals surface area contributed by atoms with E-state index < -0.39 is 0 Å². The van der Waals surface area contributed by atoms with Crippen LogP contribution in [0, 0.1) is 0 Å². The van der Waals surface area contributed by atoms with Gasteiger partial charge in [0, 0.05) is 6.10 Å². The number of rotatable bonds is 0. The van der Waals surface area contributed by atoms with Crippen LogP contribution in [0.3, 0.4) is 0 Å². The minimum atomic E-state index is -0.167. The molecule has 0 aromatic rings. The van der Waals surface area contributed by atoms with Crippen LogP contribution in [0.1, 0.15) is 13.8 Å². The summed E-state index contributed by atoms with van der Waals surface area (Å²) in [6.07, 6.45) is -0.167. The van der Waals surface area contributed by atoms with E-state index in [1.165, 1.54) is 0 Å². The summed E-state index contributed by atoms with van der Waals surface area (Å²) in [5.74, 6) is 0. The second-order valence-corrected chi connectivity index (χ2v) is 1.09. The average molecular weight is 228 g/mol. The maximum Gasteiger partial charge on any atom is 1.00 e. The van der Waals surface area contributed by atoms with Gasteiger partial charge in [-0.1, -0.05) is 0 Å². The van der Waals surface area contributed by atoms with Crippen molar-refractivity contribution in [2.45, 2.75) is 20.0 Å².